The van der Waals surface area contributed by atoms with Crippen LogP contribution in [0.3, 0.4) is 0 Å². The van der Waals surface area contributed by atoms with E-state index in [0.29, 0.717) is 23.1 Å². The number of fused-ring (bicyclic) bond motifs is 1. The van der Waals surface area contributed by atoms with Crippen molar-refractivity contribution in [3.8, 4) is 0 Å². The summed E-state index contributed by atoms with van der Waals surface area (Å²) in [7, 11) is 0. The van der Waals surface area contributed by atoms with Crippen LogP contribution in [0.1, 0.15) is 41.6 Å². The van der Waals surface area contributed by atoms with Crippen LogP contribution in [0.2, 0.25) is 0 Å². The van der Waals surface area contributed by atoms with Crippen LogP contribution in [0, 0.1) is 24.7 Å². The van der Waals surface area contributed by atoms with E-state index in [4.69, 9.17) is 5.11 Å². The normalized spacial score (nSPS) is 27.6. The van der Waals surface area contributed by atoms with Gasteiger partial charge in [0.1, 0.15) is 0 Å². The summed E-state index contributed by atoms with van der Waals surface area (Å²) in [5.74, 6) is 0.370. The average Bonchev–Trinajstić information content (AvgIpc) is 3.15. The van der Waals surface area contributed by atoms with Crippen molar-refractivity contribution in [2.24, 2.45) is 17.8 Å². The minimum atomic E-state index is -0.960. The predicted molar refractivity (Wildman–Crippen MR) is 75.7 cm³/mol. The summed E-state index contributed by atoms with van der Waals surface area (Å²) in [5.41, 5.74) is 1.49. The molecule has 2 atom stereocenters. The predicted octanol–water partition coefficient (Wildman–Crippen LogP) is 3.07. The third-order valence-corrected chi connectivity index (χ3v) is 4.78. The maximum Gasteiger partial charge on any atom is 0.336 e. The zero-order valence-electron chi connectivity index (χ0n) is 11.6. The molecule has 2 unspecified atom stereocenters. The Hall–Kier alpha value is -1.84. The topological polar surface area (TPSA) is 66.4 Å². The highest BCUT2D eigenvalue weighted by Crippen LogP contribution is 2.55. The largest absolute Gasteiger partial charge is 0.478 e. The maximum atomic E-state index is 12.3. The van der Waals surface area contributed by atoms with Crippen molar-refractivity contribution < 1.29 is 14.7 Å². The first-order chi connectivity index (χ1) is 9.59. The lowest BCUT2D eigenvalue weighted by Gasteiger charge is -2.10. The standard InChI is InChI=1S/C16H19NO3/c1-9-10(16(19)20)7-4-8-13(9)17-15(18)14-11-5-2-3-6-12(11)14/h4,7-8,11-12,14H,2-3,5-6H2,1H3,(H,17,18)(H,19,20). The van der Waals surface area contributed by atoms with Crippen molar-refractivity contribution in [1.82, 2.24) is 0 Å². The number of carboxylic acid groups (broad SMARTS) is 1. The lowest BCUT2D eigenvalue weighted by molar-refractivity contribution is -0.117. The molecule has 1 aromatic carbocycles. The summed E-state index contributed by atoms with van der Waals surface area (Å²) in [6.07, 6.45) is 4.80. The van der Waals surface area contributed by atoms with Gasteiger partial charge in [0.25, 0.3) is 0 Å². The van der Waals surface area contributed by atoms with Gasteiger partial charge in [-0.3, -0.25) is 4.79 Å². The first-order valence-corrected chi connectivity index (χ1v) is 7.23. The summed E-state index contributed by atoms with van der Waals surface area (Å²) < 4.78 is 0. The van der Waals surface area contributed by atoms with Crippen molar-refractivity contribution in [1.29, 1.82) is 0 Å². The van der Waals surface area contributed by atoms with Crippen LogP contribution in [-0.4, -0.2) is 17.0 Å². The molecule has 106 valence electrons. The first kappa shape index (κ1) is 13.2. The minimum absolute atomic E-state index is 0.0625. The van der Waals surface area contributed by atoms with Crippen molar-refractivity contribution in [2.75, 3.05) is 5.32 Å². The number of nitrogens with one attached hydrogen (secondary N) is 1. The zero-order valence-corrected chi connectivity index (χ0v) is 11.6. The van der Waals surface area contributed by atoms with Crippen LogP contribution < -0.4 is 5.32 Å². The molecule has 2 aliphatic carbocycles. The Morgan fingerprint density at radius 1 is 1.20 bits per heavy atom. The Morgan fingerprint density at radius 3 is 2.45 bits per heavy atom. The number of carbonyl (C=O) groups excluding carboxylic acids is 1. The Kier molecular flexibility index (Phi) is 3.24. The molecule has 2 aliphatic rings. The fourth-order valence-electron chi connectivity index (χ4n) is 3.60. The van der Waals surface area contributed by atoms with E-state index in [-0.39, 0.29) is 17.4 Å². The second-order valence-corrected chi connectivity index (χ2v) is 5.91. The molecule has 0 spiro atoms. The van der Waals surface area contributed by atoms with Crippen molar-refractivity contribution in [3.63, 3.8) is 0 Å². The Labute approximate surface area is 118 Å². The molecule has 0 bridgehead atoms. The number of carboxylic acids is 1. The molecule has 20 heavy (non-hydrogen) atoms. The van der Waals surface area contributed by atoms with Gasteiger partial charge in [0.2, 0.25) is 5.91 Å². The fourth-order valence-corrected chi connectivity index (χ4v) is 3.60. The number of hydrogen-bond acceptors (Lipinski definition) is 2. The molecule has 0 saturated heterocycles. The number of rotatable bonds is 3. The lowest BCUT2D eigenvalue weighted by Crippen LogP contribution is -2.17. The number of carbonyl (C=O) groups is 2. The molecule has 0 heterocycles. The molecule has 1 amide bonds. The quantitative estimate of drug-likeness (QED) is 0.889. The summed E-state index contributed by atoms with van der Waals surface area (Å²) in [6.45, 7) is 1.74. The molecule has 0 radical (unpaired) electrons. The van der Waals surface area contributed by atoms with Crippen molar-refractivity contribution in [3.05, 3.63) is 29.3 Å². The highest BCUT2D eigenvalue weighted by atomic mass is 16.4. The van der Waals surface area contributed by atoms with Gasteiger partial charge in [-0.05, 0) is 49.3 Å². The highest BCUT2D eigenvalue weighted by molar-refractivity contribution is 5.98. The zero-order chi connectivity index (χ0) is 14.3. The summed E-state index contributed by atoms with van der Waals surface area (Å²) >= 11 is 0. The average molecular weight is 273 g/mol. The van der Waals surface area contributed by atoms with E-state index in [0.717, 1.165) is 12.8 Å². The van der Waals surface area contributed by atoms with E-state index in [1.54, 1.807) is 25.1 Å². The second-order valence-electron chi connectivity index (χ2n) is 5.91. The smallest absolute Gasteiger partial charge is 0.336 e. The van der Waals surface area contributed by atoms with E-state index >= 15 is 0 Å². The monoisotopic (exact) mass is 273 g/mol. The molecular weight excluding hydrogens is 254 g/mol. The highest BCUT2D eigenvalue weighted by Gasteiger charge is 2.54. The van der Waals surface area contributed by atoms with Gasteiger partial charge in [0.15, 0.2) is 0 Å². The van der Waals surface area contributed by atoms with Gasteiger partial charge in [-0.1, -0.05) is 18.9 Å². The molecule has 4 heteroatoms. The minimum Gasteiger partial charge on any atom is -0.478 e. The second kappa shape index (κ2) is 4.93. The van der Waals surface area contributed by atoms with E-state index in [1.807, 2.05) is 0 Å². The van der Waals surface area contributed by atoms with Gasteiger partial charge in [-0.2, -0.15) is 0 Å². The van der Waals surface area contributed by atoms with Gasteiger partial charge in [0.05, 0.1) is 5.56 Å². The molecule has 2 saturated carbocycles. The van der Waals surface area contributed by atoms with Gasteiger partial charge in [-0.15, -0.1) is 0 Å². The molecular formula is C16H19NO3. The summed E-state index contributed by atoms with van der Waals surface area (Å²) in [6, 6.07) is 5.00. The molecule has 2 fully saturated rings. The third-order valence-electron chi connectivity index (χ3n) is 4.78. The Morgan fingerprint density at radius 2 is 1.85 bits per heavy atom. The van der Waals surface area contributed by atoms with Gasteiger partial charge < -0.3 is 10.4 Å². The van der Waals surface area contributed by atoms with Crippen LogP contribution in [0.5, 0.6) is 0 Å². The molecule has 0 aliphatic heterocycles. The summed E-state index contributed by atoms with van der Waals surface area (Å²) in [4.78, 5) is 23.4. The van der Waals surface area contributed by atoms with Crippen LogP contribution in [0.15, 0.2) is 18.2 Å². The van der Waals surface area contributed by atoms with Crippen LogP contribution >= 0.6 is 0 Å². The lowest BCUT2D eigenvalue weighted by atomic mass is 10.0. The molecule has 1 aromatic rings. The third kappa shape index (κ3) is 2.19. The van der Waals surface area contributed by atoms with Crippen LogP contribution in [0.4, 0.5) is 5.69 Å². The van der Waals surface area contributed by atoms with Gasteiger partial charge >= 0.3 is 5.97 Å². The van der Waals surface area contributed by atoms with Gasteiger partial charge in [-0.25, -0.2) is 4.79 Å². The fraction of sp³-hybridized carbons (Fsp3) is 0.500. The Balaban J connectivity index is 1.74. The Bertz CT molecular complexity index is 555. The van der Waals surface area contributed by atoms with E-state index in [1.165, 1.54) is 12.8 Å². The first-order valence-electron chi connectivity index (χ1n) is 7.23. The number of hydrogen-bond donors (Lipinski definition) is 2. The molecule has 4 nitrogen and oxygen atoms in total. The number of amides is 1. The molecule has 3 rings (SSSR count). The molecule has 2 N–H and O–H groups in total. The van der Waals surface area contributed by atoms with Crippen LogP contribution in [-0.2, 0) is 4.79 Å². The number of benzene rings is 1. The van der Waals surface area contributed by atoms with E-state index in [2.05, 4.69) is 5.32 Å². The van der Waals surface area contributed by atoms with Crippen molar-refractivity contribution in [2.45, 2.75) is 32.6 Å². The van der Waals surface area contributed by atoms with E-state index in [9.17, 15) is 9.59 Å². The van der Waals surface area contributed by atoms with Gasteiger partial charge in [0, 0.05) is 11.6 Å². The maximum absolute atomic E-state index is 12.3. The SMILES string of the molecule is Cc1c(NC(=O)C2C3CCCCC32)cccc1C(=O)O. The molecule has 0 aromatic heterocycles. The van der Waals surface area contributed by atoms with E-state index < -0.39 is 5.97 Å². The summed E-state index contributed by atoms with van der Waals surface area (Å²) in [5, 5.41) is 12.0. The van der Waals surface area contributed by atoms with Crippen molar-refractivity contribution >= 4 is 17.6 Å². The van der Waals surface area contributed by atoms with Crippen LogP contribution in [0.25, 0.3) is 0 Å². The number of aromatic carboxylic acids is 1. The number of anilines is 1.